The molecule has 6 nitrogen and oxygen atoms in total. The summed E-state index contributed by atoms with van der Waals surface area (Å²) in [7, 11) is 1.61. The molecule has 1 amide bonds. The molecule has 0 unspecified atom stereocenters. The molecule has 122 valence electrons. The minimum Gasteiger partial charge on any atom is -0.495 e. The van der Waals surface area contributed by atoms with Crippen LogP contribution < -0.4 is 10.1 Å². The van der Waals surface area contributed by atoms with Crippen LogP contribution >= 0.6 is 0 Å². The van der Waals surface area contributed by atoms with E-state index in [4.69, 9.17) is 4.74 Å². The van der Waals surface area contributed by atoms with Crippen molar-refractivity contribution in [2.24, 2.45) is 0 Å². The summed E-state index contributed by atoms with van der Waals surface area (Å²) in [6.45, 7) is 7.22. The van der Waals surface area contributed by atoms with Gasteiger partial charge in [0.1, 0.15) is 5.75 Å². The number of amides is 1. The molecular weight excluding hydrogens is 292 g/mol. The Hall–Kier alpha value is -2.63. The second kappa shape index (κ2) is 7.58. The van der Waals surface area contributed by atoms with Crippen molar-refractivity contribution in [2.45, 2.75) is 20.8 Å². The fourth-order valence-electron chi connectivity index (χ4n) is 2.24. The smallest absolute Gasteiger partial charge is 0.256 e. The molecule has 0 saturated carbocycles. The number of carbonyl (C=O) groups is 1. The van der Waals surface area contributed by atoms with Gasteiger partial charge in [0.15, 0.2) is 0 Å². The van der Waals surface area contributed by atoms with Crippen molar-refractivity contribution in [2.75, 3.05) is 25.5 Å². The van der Waals surface area contributed by atoms with Gasteiger partial charge >= 0.3 is 0 Å². The molecule has 0 radical (unpaired) electrons. The Morgan fingerprint density at radius 2 is 1.87 bits per heavy atom. The molecular formula is C17H22N4O2. The normalized spacial score (nSPS) is 10.3. The van der Waals surface area contributed by atoms with Crippen LogP contribution in [-0.4, -0.2) is 41.0 Å². The number of ether oxygens (including phenoxy) is 1. The molecule has 2 aromatic rings. The monoisotopic (exact) mass is 314 g/mol. The van der Waals surface area contributed by atoms with Gasteiger partial charge in [-0.15, -0.1) is 0 Å². The molecule has 1 heterocycles. The van der Waals surface area contributed by atoms with E-state index in [1.807, 2.05) is 39.0 Å². The third-order valence-electron chi connectivity index (χ3n) is 3.55. The largest absolute Gasteiger partial charge is 0.495 e. The van der Waals surface area contributed by atoms with Crippen molar-refractivity contribution in [3.8, 4) is 5.75 Å². The van der Waals surface area contributed by atoms with E-state index in [0.717, 1.165) is 11.3 Å². The Kier molecular flexibility index (Phi) is 5.51. The van der Waals surface area contributed by atoms with E-state index in [1.165, 1.54) is 12.4 Å². The van der Waals surface area contributed by atoms with E-state index in [0.29, 0.717) is 30.4 Å². The van der Waals surface area contributed by atoms with Crippen molar-refractivity contribution >= 4 is 17.5 Å². The van der Waals surface area contributed by atoms with Crippen LogP contribution in [0.2, 0.25) is 0 Å². The van der Waals surface area contributed by atoms with Gasteiger partial charge in [-0.2, -0.15) is 0 Å². The molecule has 1 N–H and O–H groups in total. The van der Waals surface area contributed by atoms with E-state index in [-0.39, 0.29) is 5.91 Å². The van der Waals surface area contributed by atoms with E-state index < -0.39 is 0 Å². The highest BCUT2D eigenvalue weighted by Gasteiger charge is 2.13. The van der Waals surface area contributed by atoms with Gasteiger partial charge in [0.25, 0.3) is 5.91 Å². The minimum atomic E-state index is -0.0605. The maximum atomic E-state index is 12.2. The first-order valence-electron chi connectivity index (χ1n) is 7.62. The van der Waals surface area contributed by atoms with E-state index in [2.05, 4.69) is 15.3 Å². The van der Waals surface area contributed by atoms with E-state index >= 15 is 0 Å². The van der Waals surface area contributed by atoms with Gasteiger partial charge in [-0.05, 0) is 38.5 Å². The summed E-state index contributed by atoms with van der Waals surface area (Å²) in [6.07, 6.45) is 3.08. The van der Waals surface area contributed by atoms with Gasteiger partial charge in [0.2, 0.25) is 5.95 Å². The Morgan fingerprint density at radius 1 is 1.22 bits per heavy atom. The molecule has 0 aliphatic heterocycles. The van der Waals surface area contributed by atoms with Crippen molar-refractivity contribution in [3.63, 3.8) is 0 Å². The second-order valence-electron chi connectivity index (χ2n) is 5.10. The van der Waals surface area contributed by atoms with Gasteiger partial charge in [0.05, 0.1) is 18.4 Å². The first-order chi connectivity index (χ1) is 11.1. The van der Waals surface area contributed by atoms with Gasteiger partial charge < -0.3 is 15.0 Å². The number of hydrogen-bond donors (Lipinski definition) is 1. The highest BCUT2D eigenvalue weighted by atomic mass is 16.5. The zero-order valence-electron chi connectivity index (χ0n) is 14.0. The third kappa shape index (κ3) is 3.97. The highest BCUT2D eigenvalue weighted by Crippen LogP contribution is 2.27. The number of aromatic nitrogens is 2. The highest BCUT2D eigenvalue weighted by molar-refractivity contribution is 5.93. The van der Waals surface area contributed by atoms with Crippen molar-refractivity contribution in [1.82, 2.24) is 14.9 Å². The summed E-state index contributed by atoms with van der Waals surface area (Å²) in [5.41, 5.74) is 2.37. The molecule has 6 heteroatoms. The zero-order valence-corrected chi connectivity index (χ0v) is 14.0. The maximum Gasteiger partial charge on any atom is 0.256 e. The summed E-state index contributed by atoms with van der Waals surface area (Å²) >= 11 is 0. The van der Waals surface area contributed by atoms with Gasteiger partial charge in [0, 0.05) is 25.5 Å². The number of nitrogens with zero attached hydrogens (tertiary/aromatic N) is 3. The topological polar surface area (TPSA) is 67.4 Å². The SMILES string of the molecule is CCN(CC)C(=O)c1cnc(Nc2cc(C)ccc2OC)nc1. The van der Waals surface area contributed by atoms with Gasteiger partial charge in [-0.1, -0.05) is 6.07 Å². The Balaban J connectivity index is 2.17. The molecule has 1 aromatic heterocycles. The Labute approximate surface area is 136 Å². The Morgan fingerprint density at radius 3 is 2.43 bits per heavy atom. The molecule has 0 bridgehead atoms. The number of benzene rings is 1. The number of nitrogens with one attached hydrogen (secondary N) is 1. The number of anilines is 2. The summed E-state index contributed by atoms with van der Waals surface area (Å²) in [6, 6.07) is 5.81. The number of aryl methyl sites for hydroxylation is 1. The minimum absolute atomic E-state index is 0.0605. The average Bonchev–Trinajstić information content (AvgIpc) is 2.57. The fourth-order valence-corrected chi connectivity index (χ4v) is 2.24. The second-order valence-corrected chi connectivity index (χ2v) is 5.10. The van der Waals surface area contributed by atoms with E-state index in [1.54, 1.807) is 12.0 Å². The van der Waals surface area contributed by atoms with Crippen molar-refractivity contribution in [1.29, 1.82) is 0 Å². The summed E-state index contributed by atoms with van der Waals surface area (Å²) < 4.78 is 5.32. The van der Waals surface area contributed by atoms with Crippen molar-refractivity contribution in [3.05, 3.63) is 41.7 Å². The third-order valence-corrected chi connectivity index (χ3v) is 3.55. The lowest BCUT2D eigenvalue weighted by molar-refractivity contribution is 0.0772. The molecule has 0 saturated heterocycles. The van der Waals surface area contributed by atoms with Gasteiger partial charge in [-0.3, -0.25) is 4.79 Å². The van der Waals surface area contributed by atoms with Crippen molar-refractivity contribution < 1.29 is 9.53 Å². The van der Waals surface area contributed by atoms with Crippen LogP contribution in [0, 0.1) is 6.92 Å². The predicted molar refractivity (Wildman–Crippen MR) is 90.3 cm³/mol. The molecule has 23 heavy (non-hydrogen) atoms. The molecule has 0 aliphatic carbocycles. The summed E-state index contributed by atoms with van der Waals surface area (Å²) in [4.78, 5) is 22.4. The first kappa shape index (κ1) is 16.7. The quantitative estimate of drug-likeness (QED) is 0.887. The number of rotatable bonds is 6. The summed E-state index contributed by atoms with van der Waals surface area (Å²) in [5, 5.41) is 3.12. The molecule has 2 rings (SSSR count). The van der Waals surface area contributed by atoms with Gasteiger partial charge in [-0.25, -0.2) is 9.97 Å². The van der Waals surface area contributed by atoms with Crippen LogP contribution in [0.25, 0.3) is 0 Å². The van der Waals surface area contributed by atoms with Crippen LogP contribution in [0.3, 0.4) is 0 Å². The first-order valence-corrected chi connectivity index (χ1v) is 7.62. The Bertz CT molecular complexity index is 667. The van der Waals surface area contributed by atoms with Crippen LogP contribution in [0.4, 0.5) is 11.6 Å². The summed E-state index contributed by atoms with van der Waals surface area (Å²) in [5.74, 6) is 1.07. The standard InChI is InChI=1S/C17H22N4O2/c1-5-21(6-2)16(22)13-10-18-17(19-11-13)20-14-9-12(3)7-8-15(14)23-4/h7-11H,5-6H2,1-4H3,(H,18,19,20). The predicted octanol–water partition coefficient (Wildman–Crippen LogP) is 3.02. The number of carbonyl (C=O) groups excluding carboxylic acids is 1. The van der Waals surface area contributed by atoms with Crippen LogP contribution in [0.1, 0.15) is 29.8 Å². The lowest BCUT2D eigenvalue weighted by Gasteiger charge is -2.18. The molecule has 1 aromatic carbocycles. The molecule has 0 aliphatic rings. The number of hydrogen-bond acceptors (Lipinski definition) is 5. The molecule has 0 spiro atoms. The lowest BCUT2D eigenvalue weighted by Crippen LogP contribution is -2.30. The van der Waals surface area contributed by atoms with Crippen LogP contribution in [0.15, 0.2) is 30.6 Å². The number of methoxy groups -OCH3 is 1. The zero-order chi connectivity index (χ0) is 16.8. The molecule has 0 fully saturated rings. The molecule has 0 atom stereocenters. The van der Waals surface area contributed by atoms with Crippen LogP contribution in [-0.2, 0) is 0 Å². The lowest BCUT2D eigenvalue weighted by atomic mass is 10.2. The van der Waals surface area contributed by atoms with Crippen LogP contribution in [0.5, 0.6) is 5.75 Å². The fraction of sp³-hybridized carbons (Fsp3) is 0.353. The maximum absolute atomic E-state index is 12.2. The van der Waals surface area contributed by atoms with E-state index in [9.17, 15) is 4.79 Å². The average molecular weight is 314 g/mol.